The van der Waals surface area contributed by atoms with Crippen molar-refractivity contribution in [2.75, 3.05) is 13.2 Å². The van der Waals surface area contributed by atoms with Crippen molar-refractivity contribution < 1.29 is 28.6 Å². The summed E-state index contributed by atoms with van der Waals surface area (Å²) >= 11 is 0. The molecule has 0 heterocycles. The average molecular weight is 773 g/mol. The number of ether oxygens (including phenoxy) is 3. The molecule has 0 amide bonds. The van der Waals surface area contributed by atoms with Crippen LogP contribution in [0.4, 0.5) is 0 Å². The molecule has 0 spiro atoms. The van der Waals surface area contributed by atoms with Crippen molar-refractivity contribution in [3.63, 3.8) is 0 Å². The minimum atomic E-state index is -0.772. The number of carbonyl (C=O) groups excluding carboxylic acids is 3. The van der Waals surface area contributed by atoms with E-state index in [2.05, 4.69) is 57.2 Å². The van der Waals surface area contributed by atoms with Gasteiger partial charge in [0.2, 0.25) is 0 Å². The van der Waals surface area contributed by atoms with Gasteiger partial charge in [-0.2, -0.15) is 0 Å². The third-order valence-corrected chi connectivity index (χ3v) is 10.2. The molecule has 0 aliphatic carbocycles. The van der Waals surface area contributed by atoms with Gasteiger partial charge in [0.25, 0.3) is 0 Å². The van der Waals surface area contributed by atoms with E-state index < -0.39 is 6.10 Å². The maximum Gasteiger partial charge on any atom is 0.306 e. The van der Waals surface area contributed by atoms with Crippen molar-refractivity contribution in [1.82, 2.24) is 0 Å². The van der Waals surface area contributed by atoms with Crippen LogP contribution in [0.25, 0.3) is 0 Å². The number of hydrogen-bond donors (Lipinski definition) is 0. The first-order valence-corrected chi connectivity index (χ1v) is 23.5. The summed E-state index contributed by atoms with van der Waals surface area (Å²) in [6.45, 7) is 6.57. The first-order valence-electron chi connectivity index (χ1n) is 23.5. The number of allylic oxidation sites excluding steroid dienone is 6. The SMILES string of the molecule is CCCCCCC\C=C/C=C\C=C/CCCCCCCC(=O)OCC(COC(=O)CCCCCCCCCCC)OC(=O)CCCCCCCCCCCC. The molecule has 0 aromatic carbocycles. The van der Waals surface area contributed by atoms with Crippen LogP contribution in [0.15, 0.2) is 36.5 Å². The van der Waals surface area contributed by atoms with E-state index in [1.165, 1.54) is 122 Å². The Labute approximate surface area is 340 Å². The molecule has 0 N–H and O–H groups in total. The van der Waals surface area contributed by atoms with Crippen LogP contribution in [-0.4, -0.2) is 37.2 Å². The normalized spacial score (nSPS) is 12.3. The van der Waals surface area contributed by atoms with Crippen LogP contribution in [-0.2, 0) is 28.6 Å². The summed E-state index contributed by atoms with van der Waals surface area (Å²) in [5, 5.41) is 0. The standard InChI is InChI=1S/C49H88O6/c1-4-7-10-13-16-19-21-22-23-24-25-26-27-28-31-33-36-39-42-48(51)54-45-46(44-53-47(50)41-38-35-32-29-18-15-12-9-6-3)55-49(52)43-40-37-34-30-20-17-14-11-8-5-2/h21-26,46H,4-20,27-45H2,1-3H3/b22-21-,24-23-,26-25-. The molecule has 0 saturated carbocycles. The fourth-order valence-electron chi connectivity index (χ4n) is 6.62. The Morgan fingerprint density at radius 2 is 0.655 bits per heavy atom. The zero-order valence-electron chi connectivity index (χ0n) is 36.4. The lowest BCUT2D eigenvalue weighted by atomic mass is 10.1. The lowest BCUT2D eigenvalue weighted by Crippen LogP contribution is -2.30. The fourth-order valence-corrected chi connectivity index (χ4v) is 6.62. The Hall–Kier alpha value is -2.37. The van der Waals surface area contributed by atoms with Crippen molar-refractivity contribution in [2.24, 2.45) is 0 Å². The Morgan fingerprint density at radius 3 is 1.00 bits per heavy atom. The second-order valence-electron chi connectivity index (χ2n) is 15.7. The maximum atomic E-state index is 12.7. The molecular weight excluding hydrogens is 685 g/mol. The Kier molecular flexibility index (Phi) is 42.4. The van der Waals surface area contributed by atoms with Gasteiger partial charge in [0.05, 0.1) is 0 Å². The third-order valence-electron chi connectivity index (χ3n) is 10.2. The van der Waals surface area contributed by atoms with Gasteiger partial charge in [0.1, 0.15) is 13.2 Å². The van der Waals surface area contributed by atoms with E-state index >= 15 is 0 Å². The summed E-state index contributed by atoms with van der Waals surface area (Å²) in [7, 11) is 0. The molecule has 1 unspecified atom stereocenters. The average Bonchev–Trinajstić information content (AvgIpc) is 3.18. The molecule has 0 fully saturated rings. The van der Waals surface area contributed by atoms with Crippen molar-refractivity contribution in [3.8, 4) is 0 Å². The lowest BCUT2D eigenvalue weighted by Gasteiger charge is -2.18. The van der Waals surface area contributed by atoms with E-state index in [1.54, 1.807) is 0 Å². The summed E-state index contributed by atoms with van der Waals surface area (Å²) in [5.74, 6) is -0.897. The smallest absolute Gasteiger partial charge is 0.306 e. The summed E-state index contributed by atoms with van der Waals surface area (Å²) in [6.07, 6.45) is 49.8. The van der Waals surface area contributed by atoms with Gasteiger partial charge in [-0.15, -0.1) is 0 Å². The van der Waals surface area contributed by atoms with Gasteiger partial charge in [0, 0.05) is 19.3 Å². The maximum absolute atomic E-state index is 12.7. The summed E-state index contributed by atoms with van der Waals surface area (Å²) in [5.41, 5.74) is 0. The summed E-state index contributed by atoms with van der Waals surface area (Å²) < 4.78 is 16.7. The largest absolute Gasteiger partial charge is 0.462 e. The highest BCUT2D eigenvalue weighted by Gasteiger charge is 2.19. The molecule has 0 aliphatic heterocycles. The van der Waals surface area contributed by atoms with E-state index in [0.29, 0.717) is 19.3 Å². The van der Waals surface area contributed by atoms with Crippen molar-refractivity contribution in [1.29, 1.82) is 0 Å². The van der Waals surface area contributed by atoms with Gasteiger partial charge >= 0.3 is 17.9 Å². The first-order chi connectivity index (χ1) is 27.0. The molecule has 0 aromatic heterocycles. The number of esters is 3. The monoisotopic (exact) mass is 773 g/mol. The first kappa shape index (κ1) is 52.6. The lowest BCUT2D eigenvalue weighted by molar-refractivity contribution is -0.167. The Bertz CT molecular complexity index is 938. The predicted molar refractivity (Wildman–Crippen MR) is 233 cm³/mol. The summed E-state index contributed by atoms with van der Waals surface area (Å²) in [4.78, 5) is 37.7. The van der Waals surface area contributed by atoms with Crippen LogP contribution < -0.4 is 0 Å². The molecule has 6 nitrogen and oxygen atoms in total. The van der Waals surface area contributed by atoms with Gasteiger partial charge in [-0.3, -0.25) is 14.4 Å². The third kappa shape index (κ3) is 42.6. The Balaban J connectivity index is 4.33. The van der Waals surface area contributed by atoms with Crippen molar-refractivity contribution in [3.05, 3.63) is 36.5 Å². The van der Waals surface area contributed by atoms with E-state index in [4.69, 9.17) is 14.2 Å². The van der Waals surface area contributed by atoms with Crippen LogP contribution in [0.5, 0.6) is 0 Å². The van der Waals surface area contributed by atoms with Gasteiger partial charge in [-0.05, 0) is 44.9 Å². The molecular formula is C49H88O6. The number of unbranched alkanes of at least 4 members (excludes halogenated alkanes) is 27. The van der Waals surface area contributed by atoms with Crippen molar-refractivity contribution >= 4 is 17.9 Å². The molecule has 6 heteroatoms. The quantitative estimate of drug-likeness (QED) is 0.0266. The van der Waals surface area contributed by atoms with Gasteiger partial charge < -0.3 is 14.2 Å². The van der Waals surface area contributed by atoms with E-state index in [-0.39, 0.29) is 31.1 Å². The Morgan fingerprint density at radius 1 is 0.364 bits per heavy atom. The highest BCUT2D eigenvalue weighted by Crippen LogP contribution is 2.14. The topological polar surface area (TPSA) is 78.9 Å². The molecule has 55 heavy (non-hydrogen) atoms. The van der Waals surface area contributed by atoms with Gasteiger partial charge in [0.15, 0.2) is 6.10 Å². The van der Waals surface area contributed by atoms with Crippen LogP contribution in [0.2, 0.25) is 0 Å². The molecule has 0 aromatic rings. The number of carbonyl (C=O) groups is 3. The minimum absolute atomic E-state index is 0.0759. The van der Waals surface area contributed by atoms with Gasteiger partial charge in [-0.25, -0.2) is 0 Å². The van der Waals surface area contributed by atoms with E-state index in [9.17, 15) is 14.4 Å². The van der Waals surface area contributed by atoms with E-state index in [0.717, 1.165) is 77.0 Å². The van der Waals surface area contributed by atoms with Crippen LogP contribution >= 0.6 is 0 Å². The molecule has 0 rings (SSSR count). The highest BCUT2D eigenvalue weighted by atomic mass is 16.6. The van der Waals surface area contributed by atoms with Crippen LogP contribution in [0.3, 0.4) is 0 Å². The highest BCUT2D eigenvalue weighted by molar-refractivity contribution is 5.71. The van der Waals surface area contributed by atoms with Crippen LogP contribution in [0, 0.1) is 0 Å². The predicted octanol–water partition coefficient (Wildman–Crippen LogP) is 15.0. The fraction of sp³-hybridized carbons (Fsp3) is 0.816. The second kappa shape index (κ2) is 44.3. The molecule has 0 radical (unpaired) electrons. The number of hydrogen-bond acceptors (Lipinski definition) is 6. The van der Waals surface area contributed by atoms with Crippen molar-refractivity contribution in [2.45, 2.75) is 245 Å². The molecule has 0 saturated heterocycles. The van der Waals surface area contributed by atoms with Gasteiger partial charge in [-0.1, -0.05) is 211 Å². The molecule has 0 aliphatic rings. The molecule has 1 atom stereocenters. The number of rotatable bonds is 42. The minimum Gasteiger partial charge on any atom is -0.462 e. The second-order valence-corrected chi connectivity index (χ2v) is 15.7. The molecule has 320 valence electrons. The molecule has 0 bridgehead atoms. The zero-order chi connectivity index (χ0) is 40.1. The van der Waals surface area contributed by atoms with Crippen LogP contribution in [0.1, 0.15) is 239 Å². The van der Waals surface area contributed by atoms with E-state index in [1.807, 2.05) is 0 Å². The zero-order valence-corrected chi connectivity index (χ0v) is 36.4. The summed E-state index contributed by atoms with van der Waals surface area (Å²) in [6, 6.07) is 0.